The molecule has 0 unspecified atom stereocenters. The number of hydrogen-bond acceptors (Lipinski definition) is 3. The molecule has 29 heavy (non-hydrogen) atoms. The predicted octanol–water partition coefficient (Wildman–Crippen LogP) is 3.93. The van der Waals surface area contributed by atoms with E-state index in [4.69, 9.17) is 0 Å². The van der Waals surface area contributed by atoms with Crippen LogP contribution < -0.4 is 5.32 Å². The molecule has 0 aliphatic heterocycles. The summed E-state index contributed by atoms with van der Waals surface area (Å²) in [6.07, 6.45) is 5.46. The molecule has 0 bridgehead atoms. The van der Waals surface area contributed by atoms with Crippen molar-refractivity contribution in [2.45, 2.75) is 12.5 Å². The zero-order chi connectivity index (χ0) is 20.1. The van der Waals surface area contributed by atoms with Crippen LogP contribution in [-0.4, -0.2) is 20.7 Å². The maximum atomic E-state index is 13.2. The first kappa shape index (κ1) is 18.6. The number of carbonyl (C=O) groups excluding carboxylic acids is 1. The number of nitrogens with zero attached hydrogens (tertiary/aromatic N) is 3. The van der Waals surface area contributed by atoms with E-state index in [9.17, 15) is 4.79 Å². The minimum Gasteiger partial charge on any atom is -0.351 e. The van der Waals surface area contributed by atoms with Gasteiger partial charge in [0.15, 0.2) is 0 Å². The van der Waals surface area contributed by atoms with Gasteiger partial charge < -0.3 is 5.32 Å². The normalized spacial score (nSPS) is 10.8. The van der Waals surface area contributed by atoms with Crippen molar-refractivity contribution < 1.29 is 4.79 Å². The highest BCUT2D eigenvalue weighted by Crippen LogP contribution is 2.25. The summed E-state index contributed by atoms with van der Waals surface area (Å²) in [4.78, 5) is 17.7. The highest BCUT2D eigenvalue weighted by Gasteiger charge is 2.22. The Morgan fingerprint density at radius 2 is 1.62 bits per heavy atom. The van der Waals surface area contributed by atoms with Gasteiger partial charge in [-0.15, -0.1) is 0 Å². The molecule has 5 heteroatoms. The van der Waals surface area contributed by atoms with E-state index in [-0.39, 0.29) is 11.8 Å². The molecule has 0 saturated heterocycles. The van der Waals surface area contributed by atoms with Crippen molar-refractivity contribution >= 4 is 5.91 Å². The molecule has 0 atom stereocenters. The first-order valence-electron chi connectivity index (χ1n) is 9.53. The summed E-state index contributed by atoms with van der Waals surface area (Å²) >= 11 is 0. The molecule has 1 N–H and O–H groups in total. The van der Waals surface area contributed by atoms with E-state index < -0.39 is 0 Å². The fourth-order valence-corrected chi connectivity index (χ4v) is 3.46. The van der Waals surface area contributed by atoms with E-state index in [1.54, 1.807) is 17.1 Å². The SMILES string of the molecule is Cn1cc(-c2ncccc2CNC(=O)C(c2ccccc2)c2ccccc2)cn1. The minimum atomic E-state index is -0.365. The number of amides is 1. The smallest absolute Gasteiger partial charge is 0.232 e. The van der Waals surface area contributed by atoms with Crippen LogP contribution in [0.2, 0.25) is 0 Å². The van der Waals surface area contributed by atoms with Gasteiger partial charge in [0.25, 0.3) is 0 Å². The van der Waals surface area contributed by atoms with Gasteiger partial charge in [-0.2, -0.15) is 5.10 Å². The Kier molecular flexibility index (Phi) is 5.47. The molecule has 4 aromatic rings. The first-order valence-corrected chi connectivity index (χ1v) is 9.53. The van der Waals surface area contributed by atoms with Crippen molar-refractivity contribution in [1.82, 2.24) is 20.1 Å². The van der Waals surface area contributed by atoms with Gasteiger partial charge in [0.2, 0.25) is 5.91 Å². The number of hydrogen-bond donors (Lipinski definition) is 1. The highest BCUT2D eigenvalue weighted by atomic mass is 16.1. The lowest BCUT2D eigenvalue weighted by molar-refractivity contribution is -0.121. The maximum absolute atomic E-state index is 13.2. The minimum absolute atomic E-state index is 0.0385. The van der Waals surface area contributed by atoms with E-state index >= 15 is 0 Å². The lowest BCUT2D eigenvalue weighted by Crippen LogP contribution is -2.29. The summed E-state index contributed by atoms with van der Waals surface area (Å²) in [5, 5.41) is 7.33. The summed E-state index contributed by atoms with van der Waals surface area (Å²) < 4.78 is 1.74. The summed E-state index contributed by atoms with van der Waals surface area (Å²) in [5.41, 5.74) is 4.65. The second-order valence-corrected chi connectivity index (χ2v) is 6.89. The standard InChI is InChI=1S/C24H22N4O/c1-28-17-21(16-27-28)23-20(13-8-14-25-23)15-26-24(29)22(18-9-4-2-5-10-18)19-11-6-3-7-12-19/h2-14,16-17,22H,15H2,1H3,(H,26,29). The van der Waals surface area contributed by atoms with E-state index in [2.05, 4.69) is 15.4 Å². The Labute approximate surface area is 170 Å². The van der Waals surface area contributed by atoms with Gasteiger partial charge in [-0.3, -0.25) is 14.5 Å². The van der Waals surface area contributed by atoms with E-state index in [1.165, 1.54) is 0 Å². The van der Waals surface area contributed by atoms with E-state index in [1.807, 2.05) is 86.0 Å². The van der Waals surface area contributed by atoms with Crippen LogP contribution in [-0.2, 0) is 18.4 Å². The predicted molar refractivity (Wildman–Crippen MR) is 113 cm³/mol. The third kappa shape index (κ3) is 4.24. The zero-order valence-corrected chi connectivity index (χ0v) is 16.2. The summed E-state index contributed by atoms with van der Waals surface area (Å²) in [6.45, 7) is 0.396. The molecule has 5 nitrogen and oxygen atoms in total. The maximum Gasteiger partial charge on any atom is 0.232 e. The van der Waals surface area contributed by atoms with Gasteiger partial charge in [0, 0.05) is 31.5 Å². The van der Waals surface area contributed by atoms with Crippen molar-refractivity contribution in [3.8, 4) is 11.3 Å². The molecule has 2 aromatic carbocycles. The lowest BCUT2D eigenvalue weighted by atomic mass is 9.90. The van der Waals surface area contributed by atoms with Gasteiger partial charge in [-0.1, -0.05) is 66.7 Å². The fraction of sp³-hybridized carbons (Fsp3) is 0.125. The number of carbonyl (C=O) groups is 1. The van der Waals surface area contributed by atoms with Crippen LogP contribution in [0.15, 0.2) is 91.4 Å². The number of pyridine rings is 1. The number of rotatable bonds is 6. The van der Waals surface area contributed by atoms with Crippen molar-refractivity contribution in [1.29, 1.82) is 0 Å². The number of benzene rings is 2. The number of nitrogens with one attached hydrogen (secondary N) is 1. The Bertz CT molecular complexity index is 1050. The Hall–Kier alpha value is -3.73. The Balaban J connectivity index is 1.58. The molecule has 0 saturated carbocycles. The van der Waals surface area contributed by atoms with Crippen LogP contribution in [0.1, 0.15) is 22.6 Å². The van der Waals surface area contributed by atoms with Gasteiger partial charge in [0.1, 0.15) is 0 Å². The second kappa shape index (κ2) is 8.52. The van der Waals surface area contributed by atoms with E-state index in [0.29, 0.717) is 6.54 Å². The molecule has 0 fully saturated rings. The van der Waals surface area contributed by atoms with Gasteiger partial charge in [-0.25, -0.2) is 0 Å². The van der Waals surface area contributed by atoms with E-state index in [0.717, 1.165) is 27.9 Å². The second-order valence-electron chi connectivity index (χ2n) is 6.89. The van der Waals surface area contributed by atoms with Crippen LogP contribution in [0.4, 0.5) is 0 Å². The molecule has 2 heterocycles. The van der Waals surface area contributed by atoms with Crippen LogP contribution >= 0.6 is 0 Å². The Morgan fingerprint density at radius 3 is 2.21 bits per heavy atom. The molecule has 0 spiro atoms. The lowest BCUT2D eigenvalue weighted by Gasteiger charge is -2.18. The zero-order valence-electron chi connectivity index (χ0n) is 16.2. The molecular weight excluding hydrogens is 360 g/mol. The molecule has 144 valence electrons. The number of aryl methyl sites for hydroxylation is 1. The van der Waals surface area contributed by atoms with Crippen LogP contribution in [0.25, 0.3) is 11.3 Å². The monoisotopic (exact) mass is 382 g/mol. The average molecular weight is 382 g/mol. The largest absolute Gasteiger partial charge is 0.351 e. The summed E-state index contributed by atoms with van der Waals surface area (Å²) in [6, 6.07) is 23.6. The summed E-state index contributed by atoms with van der Waals surface area (Å²) in [5.74, 6) is -0.403. The van der Waals surface area contributed by atoms with Crippen molar-refractivity contribution in [2.24, 2.45) is 7.05 Å². The third-order valence-electron chi connectivity index (χ3n) is 4.85. The van der Waals surface area contributed by atoms with Crippen molar-refractivity contribution in [3.63, 3.8) is 0 Å². The van der Waals surface area contributed by atoms with Crippen molar-refractivity contribution in [3.05, 3.63) is 108 Å². The van der Waals surface area contributed by atoms with Crippen LogP contribution in [0, 0.1) is 0 Å². The fourth-order valence-electron chi connectivity index (χ4n) is 3.46. The van der Waals surface area contributed by atoms with Crippen molar-refractivity contribution in [2.75, 3.05) is 0 Å². The molecule has 1 amide bonds. The van der Waals surface area contributed by atoms with Gasteiger partial charge >= 0.3 is 0 Å². The number of aromatic nitrogens is 3. The molecule has 0 radical (unpaired) electrons. The average Bonchev–Trinajstić information content (AvgIpc) is 3.20. The molecule has 0 aliphatic carbocycles. The molecular formula is C24H22N4O. The summed E-state index contributed by atoms with van der Waals surface area (Å²) in [7, 11) is 1.87. The van der Waals surface area contributed by atoms with Crippen LogP contribution in [0.5, 0.6) is 0 Å². The molecule has 2 aromatic heterocycles. The highest BCUT2D eigenvalue weighted by molar-refractivity contribution is 5.87. The molecule has 0 aliphatic rings. The first-order chi connectivity index (χ1) is 14.2. The quantitative estimate of drug-likeness (QED) is 0.550. The third-order valence-corrected chi connectivity index (χ3v) is 4.85. The van der Waals surface area contributed by atoms with Crippen LogP contribution in [0.3, 0.4) is 0 Å². The Morgan fingerprint density at radius 1 is 0.966 bits per heavy atom. The topological polar surface area (TPSA) is 59.8 Å². The van der Waals surface area contributed by atoms with Gasteiger partial charge in [0.05, 0.1) is 17.8 Å². The van der Waals surface area contributed by atoms with Gasteiger partial charge in [-0.05, 0) is 22.8 Å². The molecule has 4 rings (SSSR count).